The van der Waals surface area contributed by atoms with E-state index in [1.54, 1.807) is 6.07 Å². The average Bonchev–Trinajstić information content (AvgIpc) is 2.47. The highest BCUT2D eigenvalue weighted by molar-refractivity contribution is 6.01. The summed E-state index contributed by atoms with van der Waals surface area (Å²) in [5, 5.41) is 2.11. The van der Waals surface area contributed by atoms with Crippen LogP contribution in [0.25, 0.3) is 10.8 Å². The number of aromatic nitrogens is 1. The summed E-state index contributed by atoms with van der Waals surface area (Å²) in [6.07, 6.45) is 7.44. The molecule has 4 heteroatoms. The van der Waals surface area contributed by atoms with Gasteiger partial charge in [0.15, 0.2) is 0 Å². The molecule has 1 aromatic carbocycles. The Labute approximate surface area is 112 Å². The number of hydrogen-bond donors (Lipinski definition) is 1. The fraction of sp³-hybridized carbons (Fsp3) is 0.333. The summed E-state index contributed by atoms with van der Waals surface area (Å²) in [5.41, 5.74) is 7.03. The lowest BCUT2D eigenvalue weighted by Gasteiger charge is -2.29. The number of pyridine rings is 1. The Hall–Kier alpha value is -2.10. The normalized spacial score (nSPS) is 15.7. The molecule has 2 heterocycles. The van der Waals surface area contributed by atoms with Gasteiger partial charge in [-0.15, -0.1) is 0 Å². The van der Waals surface area contributed by atoms with Crippen LogP contribution in [0.3, 0.4) is 0 Å². The van der Waals surface area contributed by atoms with Gasteiger partial charge in [-0.05, 0) is 31.4 Å². The number of rotatable bonds is 2. The van der Waals surface area contributed by atoms with E-state index in [9.17, 15) is 4.79 Å². The molecule has 1 amide bonds. The standard InChI is InChI=1S/C15H17N3O/c16-15(19)11-4-5-12-9-17-10-14(13(12)8-11)18-6-2-1-3-7-18/h4-5,8-10H,1-3,6-7H2,(H2,16,19). The van der Waals surface area contributed by atoms with E-state index in [4.69, 9.17) is 5.73 Å². The van der Waals surface area contributed by atoms with Gasteiger partial charge in [-0.2, -0.15) is 0 Å². The number of amides is 1. The summed E-state index contributed by atoms with van der Waals surface area (Å²) in [7, 11) is 0. The van der Waals surface area contributed by atoms with Crippen LogP contribution in [0.2, 0.25) is 0 Å². The van der Waals surface area contributed by atoms with Gasteiger partial charge in [0.2, 0.25) is 5.91 Å². The van der Waals surface area contributed by atoms with Crippen molar-refractivity contribution < 1.29 is 4.79 Å². The Morgan fingerprint density at radius 1 is 1.16 bits per heavy atom. The smallest absolute Gasteiger partial charge is 0.248 e. The zero-order valence-corrected chi connectivity index (χ0v) is 10.8. The SMILES string of the molecule is NC(=O)c1ccc2cncc(N3CCCCC3)c2c1. The van der Waals surface area contributed by atoms with E-state index in [0.29, 0.717) is 5.56 Å². The molecule has 0 bridgehead atoms. The Morgan fingerprint density at radius 2 is 1.95 bits per heavy atom. The minimum Gasteiger partial charge on any atom is -0.370 e. The highest BCUT2D eigenvalue weighted by Crippen LogP contribution is 2.28. The number of carbonyl (C=O) groups is 1. The second-order valence-electron chi connectivity index (χ2n) is 5.01. The maximum atomic E-state index is 11.3. The first-order valence-corrected chi connectivity index (χ1v) is 6.68. The minimum absolute atomic E-state index is 0.386. The van der Waals surface area contributed by atoms with Crippen molar-refractivity contribution in [1.82, 2.24) is 4.98 Å². The van der Waals surface area contributed by atoms with Gasteiger partial charge in [0, 0.05) is 35.6 Å². The van der Waals surface area contributed by atoms with E-state index in [-0.39, 0.29) is 5.91 Å². The minimum atomic E-state index is -0.386. The molecule has 1 aromatic heterocycles. The van der Waals surface area contributed by atoms with Crippen LogP contribution in [0.4, 0.5) is 5.69 Å². The molecule has 0 unspecified atom stereocenters. The molecule has 0 radical (unpaired) electrons. The molecule has 2 aromatic rings. The summed E-state index contributed by atoms with van der Waals surface area (Å²) >= 11 is 0. The summed E-state index contributed by atoms with van der Waals surface area (Å²) in [6.45, 7) is 2.11. The highest BCUT2D eigenvalue weighted by atomic mass is 16.1. The lowest BCUT2D eigenvalue weighted by molar-refractivity contribution is 0.100. The Balaban J connectivity index is 2.11. The summed E-state index contributed by atoms with van der Waals surface area (Å²) in [5.74, 6) is -0.386. The van der Waals surface area contributed by atoms with Crippen molar-refractivity contribution in [2.45, 2.75) is 19.3 Å². The van der Waals surface area contributed by atoms with Gasteiger partial charge in [-0.25, -0.2) is 0 Å². The number of nitrogens with zero attached hydrogens (tertiary/aromatic N) is 2. The van der Waals surface area contributed by atoms with Crippen LogP contribution in [0.1, 0.15) is 29.6 Å². The maximum absolute atomic E-state index is 11.3. The topological polar surface area (TPSA) is 59.2 Å². The number of nitrogens with two attached hydrogens (primary N) is 1. The molecule has 2 N–H and O–H groups in total. The summed E-state index contributed by atoms with van der Waals surface area (Å²) in [4.78, 5) is 18.0. The molecule has 1 saturated heterocycles. The van der Waals surface area contributed by atoms with Crippen LogP contribution in [-0.2, 0) is 0 Å². The fourth-order valence-electron chi connectivity index (χ4n) is 2.69. The average molecular weight is 255 g/mol. The van der Waals surface area contributed by atoms with Crippen molar-refractivity contribution in [3.05, 3.63) is 36.2 Å². The molecule has 1 aliphatic rings. The van der Waals surface area contributed by atoms with Crippen molar-refractivity contribution in [2.24, 2.45) is 5.73 Å². The van der Waals surface area contributed by atoms with E-state index in [2.05, 4.69) is 9.88 Å². The van der Waals surface area contributed by atoms with Gasteiger partial charge in [-0.1, -0.05) is 6.07 Å². The van der Waals surface area contributed by atoms with Gasteiger partial charge in [-0.3, -0.25) is 9.78 Å². The molecule has 98 valence electrons. The number of piperidine rings is 1. The van der Waals surface area contributed by atoms with Crippen LogP contribution in [0.15, 0.2) is 30.6 Å². The van der Waals surface area contributed by atoms with E-state index >= 15 is 0 Å². The van der Waals surface area contributed by atoms with Crippen molar-refractivity contribution in [2.75, 3.05) is 18.0 Å². The first-order valence-electron chi connectivity index (χ1n) is 6.68. The summed E-state index contributed by atoms with van der Waals surface area (Å²) < 4.78 is 0. The lowest BCUT2D eigenvalue weighted by Crippen LogP contribution is -2.29. The van der Waals surface area contributed by atoms with E-state index in [0.717, 1.165) is 29.5 Å². The van der Waals surface area contributed by atoms with Gasteiger partial charge in [0.25, 0.3) is 0 Å². The summed E-state index contributed by atoms with van der Waals surface area (Å²) in [6, 6.07) is 5.55. The Kier molecular flexibility index (Phi) is 3.07. The maximum Gasteiger partial charge on any atom is 0.248 e. The number of primary amides is 1. The Morgan fingerprint density at radius 3 is 2.68 bits per heavy atom. The number of fused-ring (bicyclic) bond motifs is 1. The number of hydrogen-bond acceptors (Lipinski definition) is 3. The van der Waals surface area contributed by atoms with Crippen LogP contribution in [0, 0.1) is 0 Å². The second kappa shape index (κ2) is 4.88. The van der Waals surface area contributed by atoms with Gasteiger partial charge in [0.05, 0.1) is 11.9 Å². The first kappa shape index (κ1) is 12.0. The second-order valence-corrected chi connectivity index (χ2v) is 5.01. The third-order valence-corrected chi connectivity index (χ3v) is 3.72. The molecule has 0 aliphatic carbocycles. The zero-order valence-electron chi connectivity index (χ0n) is 10.8. The van der Waals surface area contributed by atoms with Gasteiger partial charge >= 0.3 is 0 Å². The van der Waals surface area contributed by atoms with Crippen molar-refractivity contribution in [1.29, 1.82) is 0 Å². The molecule has 1 fully saturated rings. The third kappa shape index (κ3) is 2.26. The van der Waals surface area contributed by atoms with Crippen LogP contribution >= 0.6 is 0 Å². The fourth-order valence-corrected chi connectivity index (χ4v) is 2.69. The monoisotopic (exact) mass is 255 g/mol. The largest absolute Gasteiger partial charge is 0.370 e. The molecule has 0 atom stereocenters. The van der Waals surface area contributed by atoms with Gasteiger partial charge < -0.3 is 10.6 Å². The number of benzene rings is 1. The number of carbonyl (C=O) groups excluding carboxylic acids is 1. The first-order chi connectivity index (χ1) is 9.25. The van der Waals surface area contributed by atoms with E-state index in [1.165, 1.54) is 19.3 Å². The van der Waals surface area contributed by atoms with Crippen molar-refractivity contribution in [3.63, 3.8) is 0 Å². The van der Waals surface area contributed by atoms with E-state index < -0.39 is 0 Å². The molecule has 19 heavy (non-hydrogen) atoms. The van der Waals surface area contributed by atoms with Crippen LogP contribution in [-0.4, -0.2) is 24.0 Å². The number of anilines is 1. The predicted molar refractivity (Wildman–Crippen MR) is 76.3 cm³/mol. The molecule has 4 nitrogen and oxygen atoms in total. The molecule has 0 saturated carbocycles. The Bertz CT molecular complexity index is 618. The molecular formula is C15H17N3O. The van der Waals surface area contributed by atoms with Crippen molar-refractivity contribution >= 4 is 22.4 Å². The van der Waals surface area contributed by atoms with Crippen molar-refractivity contribution in [3.8, 4) is 0 Å². The molecule has 3 rings (SSSR count). The molecule has 0 spiro atoms. The quantitative estimate of drug-likeness (QED) is 0.896. The zero-order chi connectivity index (χ0) is 13.2. The third-order valence-electron chi connectivity index (χ3n) is 3.72. The van der Waals surface area contributed by atoms with Gasteiger partial charge in [0.1, 0.15) is 0 Å². The molecular weight excluding hydrogens is 238 g/mol. The van der Waals surface area contributed by atoms with E-state index in [1.807, 2.05) is 24.5 Å². The highest BCUT2D eigenvalue weighted by Gasteiger charge is 2.14. The van der Waals surface area contributed by atoms with Crippen LogP contribution < -0.4 is 10.6 Å². The predicted octanol–water partition coefficient (Wildman–Crippen LogP) is 2.32. The van der Waals surface area contributed by atoms with Crippen LogP contribution in [0.5, 0.6) is 0 Å². The lowest BCUT2D eigenvalue weighted by atomic mass is 10.0. The molecule has 1 aliphatic heterocycles.